The van der Waals surface area contributed by atoms with Crippen LogP contribution in [0.4, 0.5) is 0 Å². The average molecular weight is 488 g/mol. The summed E-state index contributed by atoms with van der Waals surface area (Å²) in [5.74, 6) is 0.806. The number of sulfonamides is 1. The van der Waals surface area contributed by atoms with Crippen molar-refractivity contribution in [3.63, 3.8) is 0 Å². The van der Waals surface area contributed by atoms with Crippen molar-refractivity contribution < 1.29 is 13.2 Å². The summed E-state index contributed by atoms with van der Waals surface area (Å²) in [7, 11) is -3.53. The summed E-state index contributed by atoms with van der Waals surface area (Å²) in [5.41, 5.74) is 5.49. The highest BCUT2D eigenvalue weighted by Crippen LogP contribution is 2.31. The minimum absolute atomic E-state index is 0.169. The molecule has 0 amide bonds. The van der Waals surface area contributed by atoms with Gasteiger partial charge in [-0.1, -0.05) is 43.8 Å². The van der Waals surface area contributed by atoms with Gasteiger partial charge >= 0.3 is 0 Å². The van der Waals surface area contributed by atoms with E-state index in [2.05, 4.69) is 36.6 Å². The Morgan fingerprint density at radius 1 is 1.12 bits per heavy atom. The number of ether oxygens (including phenoxy) is 1. The van der Waals surface area contributed by atoms with Gasteiger partial charge in [0.2, 0.25) is 10.0 Å². The first kappa shape index (κ1) is 24.3. The lowest BCUT2D eigenvalue weighted by molar-refractivity contribution is 0.0960. The molecule has 2 aromatic carbocycles. The maximum atomic E-state index is 13.0. The number of imidazole rings is 1. The number of hydrogen-bond acceptors (Lipinski definition) is 5. The van der Waals surface area contributed by atoms with E-state index in [-0.39, 0.29) is 6.10 Å². The zero-order chi connectivity index (χ0) is 23.6. The van der Waals surface area contributed by atoms with Crippen molar-refractivity contribution in [2.45, 2.75) is 69.0 Å². The Morgan fingerprint density at radius 3 is 2.58 bits per heavy atom. The molecule has 0 aliphatic carbocycles. The predicted molar refractivity (Wildman–Crippen MR) is 134 cm³/mol. The summed E-state index contributed by atoms with van der Waals surface area (Å²) in [6.07, 6.45) is 2.28. The van der Waals surface area contributed by atoms with E-state index in [1.807, 2.05) is 19.9 Å². The molecule has 0 spiro atoms. The van der Waals surface area contributed by atoms with Gasteiger partial charge in [-0.2, -0.15) is 4.31 Å². The fourth-order valence-corrected chi connectivity index (χ4v) is 6.73. The lowest BCUT2D eigenvalue weighted by Crippen LogP contribution is -2.30. The Balaban J connectivity index is 1.69. The molecule has 2 heterocycles. The molecule has 33 heavy (non-hydrogen) atoms. The molecule has 0 saturated carbocycles. The summed E-state index contributed by atoms with van der Waals surface area (Å²) in [6, 6.07) is 11.9. The SMILES string of the molecule is CCN(CC)S(=O)(=O)c1ccc2c(c1)nc(SCc1ccc(C)c(C)c1)n2C[C@H]1CCCO1. The van der Waals surface area contributed by atoms with Crippen molar-refractivity contribution in [1.29, 1.82) is 0 Å². The van der Waals surface area contributed by atoms with Gasteiger partial charge in [0.05, 0.1) is 28.6 Å². The Labute approximate surface area is 201 Å². The predicted octanol–water partition coefficient (Wildman–Crippen LogP) is 5.15. The monoisotopic (exact) mass is 487 g/mol. The van der Waals surface area contributed by atoms with Crippen LogP contribution in [0.3, 0.4) is 0 Å². The molecule has 1 saturated heterocycles. The normalized spacial score (nSPS) is 16.8. The minimum atomic E-state index is -3.53. The number of aryl methyl sites for hydroxylation is 2. The molecule has 4 rings (SSSR count). The zero-order valence-corrected chi connectivity index (χ0v) is 21.5. The van der Waals surface area contributed by atoms with Crippen molar-refractivity contribution in [2.75, 3.05) is 19.7 Å². The number of hydrogen-bond donors (Lipinski definition) is 0. The van der Waals surface area contributed by atoms with Gasteiger partial charge in [-0.05, 0) is 61.6 Å². The van der Waals surface area contributed by atoms with E-state index in [9.17, 15) is 8.42 Å². The fourth-order valence-electron chi connectivity index (χ4n) is 4.28. The van der Waals surface area contributed by atoms with Crippen LogP contribution in [0, 0.1) is 13.8 Å². The average Bonchev–Trinajstić information content (AvgIpc) is 3.43. The molecule has 0 bridgehead atoms. The molecule has 0 radical (unpaired) electrons. The molecule has 178 valence electrons. The van der Waals surface area contributed by atoms with Crippen LogP contribution in [0.5, 0.6) is 0 Å². The summed E-state index contributed by atoms with van der Waals surface area (Å²) in [6.45, 7) is 10.4. The molecule has 1 aromatic heterocycles. The maximum absolute atomic E-state index is 13.0. The highest BCUT2D eigenvalue weighted by Gasteiger charge is 2.24. The third kappa shape index (κ3) is 5.14. The third-order valence-corrected chi connectivity index (χ3v) is 9.47. The van der Waals surface area contributed by atoms with Gasteiger partial charge < -0.3 is 9.30 Å². The van der Waals surface area contributed by atoms with Crippen LogP contribution >= 0.6 is 11.8 Å². The van der Waals surface area contributed by atoms with Crippen molar-refractivity contribution in [3.05, 3.63) is 53.1 Å². The van der Waals surface area contributed by atoms with E-state index in [1.54, 1.807) is 23.9 Å². The van der Waals surface area contributed by atoms with Gasteiger partial charge in [0.1, 0.15) is 0 Å². The van der Waals surface area contributed by atoms with E-state index in [1.165, 1.54) is 21.0 Å². The van der Waals surface area contributed by atoms with Crippen LogP contribution in [0.25, 0.3) is 11.0 Å². The van der Waals surface area contributed by atoms with Crippen molar-refractivity contribution in [2.24, 2.45) is 0 Å². The second kappa shape index (κ2) is 10.2. The number of benzene rings is 2. The summed E-state index contributed by atoms with van der Waals surface area (Å²) < 4.78 is 35.7. The Kier molecular flexibility index (Phi) is 7.48. The molecule has 1 aliphatic heterocycles. The smallest absolute Gasteiger partial charge is 0.243 e. The first-order valence-electron chi connectivity index (χ1n) is 11.6. The van der Waals surface area contributed by atoms with Crippen molar-refractivity contribution >= 4 is 32.8 Å². The molecule has 8 heteroatoms. The van der Waals surface area contributed by atoms with Gasteiger partial charge in [-0.25, -0.2) is 13.4 Å². The molecule has 1 fully saturated rings. The van der Waals surface area contributed by atoms with Crippen LogP contribution in [0.15, 0.2) is 46.5 Å². The number of fused-ring (bicyclic) bond motifs is 1. The van der Waals surface area contributed by atoms with Crippen molar-refractivity contribution in [3.8, 4) is 0 Å². The van der Waals surface area contributed by atoms with Crippen LogP contribution in [-0.4, -0.2) is 48.1 Å². The van der Waals surface area contributed by atoms with Gasteiger partial charge in [0.15, 0.2) is 5.16 Å². The van der Waals surface area contributed by atoms with E-state index in [4.69, 9.17) is 9.72 Å². The van der Waals surface area contributed by atoms with E-state index in [0.29, 0.717) is 23.5 Å². The molecule has 0 N–H and O–H groups in total. The first-order valence-corrected chi connectivity index (χ1v) is 14.1. The topological polar surface area (TPSA) is 64.4 Å². The largest absolute Gasteiger partial charge is 0.376 e. The molecular weight excluding hydrogens is 454 g/mol. The van der Waals surface area contributed by atoms with Gasteiger partial charge in [0, 0.05) is 25.4 Å². The van der Waals surface area contributed by atoms with Crippen LogP contribution in [0.2, 0.25) is 0 Å². The lowest BCUT2D eigenvalue weighted by Gasteiger charge is -2.18. The Bertz CT molecular complexity index is 1230. The zero-order valence-electron chi connectivity index (χ0n) is 19.9. The molecule has 0 unspecified atom stereocenters. The Morgan fingerprint density at radius 2 is 1.91 bits per heavy atom. The fraction of sp³-hybridized carbons (Fsp3) is 0.480. The van der Waals surface area contributed by atoms with E-state index >= 15 is 0 Å². The van der Waals surface area contributed by atoms with Gasteiger partial charge in [-0.3, -0.25) is 0 Å². The number of thioether (sulfide) groups is 1. The first-order chi connectivity index (χ1) is 15.8. The quantitative estimate of drug-likeness (QED) is 0.390. The summed E-state index contributed by atoms with van der Waals surface area (Å²) >= 11 is 1.69. The lowest BCUT2D eigenvalue weighted by atomic mass is 10.1. The van der Waals surface area contributed by atoms with Gasteiger partial charge in [0.25, 0.3) is 0 Å². The molecular formula is C25H33N3O3S2. The summed E-state index contributed by atoms with van der Waals surface area (Å²) in [4.78, 5) is 5.18. The number of aromatic nitrogens is 2. The van der Waals surface area contributed by atoms with Crippen LogP contribution in [0.1, 0.15) is 43.4 Å². The molecule has 6 nitrogen and oxygen atoms in total. The Hall–Kier alpha value is -1.87. The highest BCUT2D eigenvalue weighted by molar-refractivity contribution is 7.98. The van der Waals surface area contributed by atoms with Crippen LogP contribution in [-0.2, 0) is 27.1 Å². The number of rotatable bonds is 9. The second-order valence-corrected chi connectivity index (χ2v) is 11.5. The standard InChI is InChI=1S/C25H33N3O3S2/c1-5-27(6-2)33(29,30)22-11-12-24-23(15-22)26-25(28(24)16-21-8-7-13-31-21)32-17-20-10-9-18(3)19(4)14-20/h9-12,14-15,21H,5-8,13,16-17H2,1-4H3/t21-/m1/s1. The van der Waals surface area contributed by atoms with Gasteiger partial charge in [-0.15, -0.1) is 0 Å². The molecule has 1 aliphatic rings. The van der Waals surface area contributed by atoms with Crippen molar-refractivity contribution in [1.82, 2.24) is 13.9 Å². The molecule has 1 atom stereocenters. The minimum Gasteiger partial charge on any atom is -0.376 e. The van der Waals surface area contributed by atoms with E-state index < -0.39 is 10.0 Å². The third-order valence-electron chi connectivity index (χ3n) is 6.38. The molecule has 3 aromatic rings. The second-order valence-electron chi connectivity index (χ2n) is 8.59. The maximum Gasteiger partial charge on any atom is 0.243 e. The van der Waals surface area contributed by atoms with E-state index in [0.717, 1.165) is 42.4 Å². The highest BCUT2D eigenvalue weighted by atomic mass is 32.2. The summed E-state index contributed by atoms with van der Waals surface area (Å²) in [5, 5.41) is 0.899. The number of nitrogens with zero attached hydrogens (tertiary/aromatic N) is 3. The van der Waals surface area contributed by atoms with Crippen LogP contribution < -0.4 is 0 Å².